The normalized spacial score (nSPS) is 14.9. The molecule has 3 N–H and O–H groups in total. The monoisotopic (exact) mass is 463 g/mol. The van der Waals surface area contributed by atoms with E-state index in [1.54, 1.807) is 11.0 Å². The van der Waals surface area contributed by atoms with Crippen LogP contribution in [-0.2, 0) is 14.3 Å². The summed E-state index contributed by atoms with van der Waals surface area (Å²) in [7, 11) is 1.45. The average molecular weight is 464 g/mol. The lowest BCUT2D eigenvalue weighted by Crippen LogP contribution is -2.50. The molecule has 2 rings (SSSR count). The van der Waals surface area contributed by atoms with Crippen LogP contribution >= 0.6 is 0 Å². The fourth-order valence-electron chi connectivity index (χ4n) is 3.27. The molecule has 1 saturated heterocycles. The first kappa shape index (κ1) is 25.9. The second-order valence-corrected chi connectivity index (χ2v) is 8.85. The Hall–Kier alpha value is -3.37. The molecule has 1 aliphatic heterocycles. The van der Waals surface area contributed by atoms with Crippen LogP contribution in [0.2, 0.25) is 0 Å². The number of ether oxygens (including phenoxy) is 2. The summed E-state index contributed by atoms with van der Waals surface area (Å²) in [5, 5.41) is 2.52. The molecular formula is C22H33N5O6. The maximum atomic E-state index is 12.6. The quantitative estimate of drug-likeness (QED) is 0.583. The fraction of sp³-hybridized carbons (Fsp3) is 0.591. The van der Waals surface area contributed by atoms with Gasteiger partial charge in [-0.15, -0.1) is 0 Å². The first-order valence-corrected chi connectivity index (χ1v) is 10.8. The maximum absolute atomic E-state index is 12.6. The largest absolute Gasteiger partial charge is 0.480 e. The summed E-state index contributed by atoms with van der Waals surface area (Å²) >= 11 is 0. The van der Waals surface area contributed by atoms with Crippen LogP contribution in [0.3, 0.4) is 0 Å². The van der Waals surface area contributed by atoms with Gasteiger partial charge in [0.05, 0.1) is 7.11 Å². The van der Waals surface area contributed by atoms with Crippen molar-refractivity contribution in [2.75, 3.05) is 38.2 Å². The number of methoxy groups -OCH3 is 1. The van der Waals surface area contributed by atoms with Crippen molar-refractivity contribution in [1.82, 2.24) is 15.2 Å². The molecule has 0 bridgehead atoms. The second-order valence-electron chi connectivity index (χ2n) is 8.85. The molecule has 11 heteroatoms. The molecule has 33 heavy (non-hydrogen) atoms. The third kappa shape index (κ3) is 7.62. The molecule has 0 saturated carbocycles. The third-order valence-corrected chi connectivity index (χ3v) is 4.97. The highest BCUT2D eigenvalue weighted by Gasteiger charge is 2.28. The van der Waals surface area contributed by atoms with Crippen LogP contribution in [0, 0.1) is 0 Å². The molecule has 2 heterocycles. The van der Waals surface area contributed by atoms with Gasteiger partial charge in [0.1, 0.15) is 28.8 Å². The van der Waals surface area contributed by atoms with Crippen molar-refractivity contribution in [2.24, 2.45) is 5.73 Å². The number of nitrogens with two attached hydrogens (primary N) is 1. The second kappa shape index (κ2) is 11.0. The number of nitrogens with zero attached hydrogens (tertiary/aromatic N) is 3. The molecule has 11 nitrogen and oxygen atoms in total. The van der Waals surface area contributed by atoms with Crippen LogP contribution in [0.4, 0.5) is 10.5 Å². The number of nitrogens with one attached hydrogen (secondary N) is 1. The number of anilines is 1. The van der Waals surface area contributed by atoms with Gasteiger partial charge in [-0.3, -0.25) is 9.59 Å². The number of amides is 3. The van der Waals surface area contributed by atoms with Crippen molar-refractivity contribution < 1.29 is 28.7 Å². The summed E-state index contributed by atoms with van der Waals surface area (Å²) in [5.74, 6) is -1.18. The van der Waals surface area contributed by atoms with Gasteiger partial charge >= 0.3 is 6.09 Å². The van der Waals surface area contributed by atoms with Crippen LogP contribution in [0.1, 0.15) is 51.0 Å². The Kier molecular flexibility index (Phi) is 8.61. The smallest absolute Gasteiger partial charge is 0.410 e. The van der Waals surface area contributed by atoms with Gasteiger partial charge in [-0.2, -0.15) is 0 Å². The Morgan fingerprint density at radius 2 is 1.79 bits per heavy atom. The van der Waals surface area contributed by atoms with E-state index in [0.29, 0.717) is 31.9 Å². The SMILES string of the molecule is COc1nc(C(=O)NC(CCC(C)=O)C(N)=O)ccc1N1CCN(C(=O)OC(C)(C)C)CC1. The van der Waals surface area contributed by atoms with Gasteiger partial charge in [0.15, 0.2) is 0 Å². The minimum Gasteiger partial charge on any atom is -0.480 e. The Bertz CT molecular complexity index is 890. The van der Waals surface area contributed by atoms with E-state index in [-0.39, 0.29) is 36.3 Å². The van der Waals surface area contributed by atoms with E-state index in [9.17, 15) is 19.2 Å². The number of carbonyl (C=O) groups excluding carboxylic acids is 4. The van der Waals surface area contributed by atoms with Gasteiger partial charge < -0.3 is 35.1 Å². The molecule has 3 amide bonds. The highest BCUT2D eigenvalue weighted by molar-refractivity contribution is 5.96. The molecule has 1 aromatic heterocycles. The molecule has 0 spiro atoms. The molecule has 1 aromatic rings. The van der Waals surface area contributed by atoms with Gasteiger partial charge in [-0.1, -0.05) is 0 Å². The Labute approximate surface area is 193 Å². The van der Waals surface area contributed by atoms with E-state index < -0.39 is 23.5 Å². The lowest BCUT2D eigenvalue weighted by Gasteiger charge is -2.37. The van der Waals surface area contributed by atoms with E-state index in [2.05, 4.69) is 10.3 Å². The number of ketones is 1. The first-order chi connectivity index (χ1) is 15.4. The first-order valence-electron chi connectivity index (χ1n) is 10.8. The number of piperazine rings is 1. The number of Topliss-reactive ketones (excluding diaryl/α,β-unsaturated/α-hetero) is 1. The van der Waals surface area contributed by atoms with E-state index in [1.807, 2.05) is 25.7 Å². The van der Waals surface area contributed by atoms with Crippen LogP contribution in [0.5, 0.6) is 5.88 Å². The lowest BCUT2D eigenvalue weighted by atomic mass is 10.1. The summed E-state index contributed by atoms with van der Waals surface area (Å²) < 4.78 is 10.8. The summed E-state index contributed by atoms with van der Waals surface area (Å²) in [6, 6.07) is 2.25. The van der Waals surface area contributed by atoms with Gasteiger partial charge in [0.25, 0.3) is 5.91 Å². The molecule has 182 valence electrons. The maximum Gasteiger partial charge on any atom is 0.410 e. The lowest BCUT2D eigenvalue weighted by molar-refractivity contribution is -0.120. The molecule has 1 unspecified atom stereocenters. The zero-order chi connectivity index (χ0) is 24.8. The van der Waals surface area contributed by atoms with E-state index in [4.69, 9.17) is 15.2 Å². The standard InChI is InChI=1S/C22H33N5O6/c1-14(28)6-7-15(18(23)29)24-19(30)16-8-9-17(20(25-16)32-5)26-10-12-27(13-11-26)21(31)33-22(2,3)4/h8-9,15H,6-7,10-13H2,1-5H3,(H2,23,29)(H,24,30). The Balaban J connectivity index is 2.06. The van der Waals surface area contributed by atoms with Gasteiger partial charge in [-0.05, 0) is 46.2 Å². The van der Waals surface area contributed by atoms with Crippen molar-refractivity contribution in [3.63, 3.8) is 0 Å². The predicted octanol–water partition coefficient (Wildman–Crippen LogP) is 1.10. The van der Waals surface area contributed by atoms with Crippen LogP contribution in [-0.4, -0.2) is 78.5 Å². The number of pyridine rings is 1. The molecule has 1 aliphatic rings. The summed E-state index contributed by atoms with van der Waals surface area (Å²) in [5.41, 5.74) is 5.52. The number of carbonyl (C=O) groups is 4. The van der Waals surface area contributed by atoms with E-state index in [0.717, 1.165) is 0 Å². The Morgan fingerprint density at radius 1 is 1.15 bits per heavy atom. The van der Waals surface area contributed by atoms with Crippen molar-refractivity contribution in [3.05, 3.63) is 17.8 Å². The number of hydrogen-bond acceptors (Lipinski definition) is 8. The highest BCUT2D eigenvalue weighted by Crippen LogP contribution is 2.27. The molecular weight excluding hydrogens is 430 g/mol. The van der Waals surface area contributed by atoms with Crippen LogP contribution in [0.25, 0.3) is 0 Å². The van der Waals surface area contributed by atoms with E-state index >= 15 is 0 Å². The minimum absolute atomic E-state index is 0.0528. The summed E-state index contributed by atoms with van der Waals surface area (Å²) in [6.45, 7) is 8.89. The number of aromatic nitrogens is 1. The summed E-state index contributed by atoms with van der Waals surface area (Å²) in [6.07, 6.45) is -0.111. The fourth-order valence-corrected chi connectivity index (χ4v) is 3.27. The van der Waals surface area contributed by atoms with Gasteiger partial charge in [0.2, 0.25) is 11.8 Å². The number of rotatable bonds is 8. The average Bonchev–Trinajstić information content (AvgIpc) is 2.74. The van der Waals surface area contributed by atoms with Crippen molar-refractivity contribution in [1.29, 1.82) is 0 Å². The van der Waals surface area contributed by atoms with Crippen LogP contribution in [0.15, 0.2) is 12.1 Å². The number of hydrogen-bond donors (Lipinski definition) is 2. The zero-order valence-corrected chi connectivity index (χ0v) is 19.8. The number of primary amides is 1. The molecule has 0 radical (unpaired) electrons. The molecule has 0 aromatic carbocycles. The topological polar surface area (TPSA) is 144 Å². The molecule has 0 aliphatic carbocycles. The third-order valence-electron chi connectivity index (χ3n) is 4.97. The molecule has 1 fully saturated rings. The zero-order valence-electron chi connectivity index (χ0n) is 19.8. The highest BCUT2D eigenvalue weighted by atomic mass is 16.6. The van der Waals surface area contributed by atoms with Gasteiger partial charge in [-0.25, -0.2) is 9.78 Å². The predicted molar refractivity (Wildman–Crippen MR) is 121 cm³/mol. The van der Waals surface area contributed by atoms with Crippen molar-refractivity contribution >= 4 is 29.4 Å². The van der Waals surface area contributed by atoms with Gasteiger partial charge in [0, 0.05) is 32.6 Å². The van der Waals surface area contributed by atoms with Crippen molar-refractivity contribution in [3.8, 4) is 5.88 Å². The summed E-state index contributed by atoms with van der Waals surface area (Å²) in [4.78, 5) is 55.6. The Morgan fingerprint density at radius 3 is 2.30 bits per heavy atom. The molecule has 1 atom stereocenters. The van der Waals surface area contributed by atoms with Crippen LogP contribution < -0.4 is 20.7 Å². The van der Waals surface area contributed by atoms with Crippen molar-refractivity contribution in [2.45, 2.75) is 52.2 Å². The minimum atomic E-state index is -0.977. The van der Waals surface area contributed by atoms with E-state index in [1.165, 1.54) is 20.1 Å².